The molecule has 1 heterocycles. The summed E-state index contributed by atoms with van der Waals surface area (Å²) in [6.07, 6.45) is 0. The number of aromatic carboxylic acids is 1. The summed E-state index contributed by atoms with van der Waals surface area (Å²) in [5.41, 5.74) is 8.30. The molecule has 0 aliphatic rings. The van der Waals surface area contributed by atoms with Crippen LogP contribution in [0.5, 0.6) is 0 Å². The summed E-state index contributed by atoms with van der Waals surface area (Å²) in [7, 11) is 0. The third kappa shape index (κ3) is 2.67. The van der Waals surface area contributed by atoms with Crippen molar-refractivity contribution in [2.45, 2.75) is 19.8 Å². The molecule has 19 heavy (non-hydrogen) atoms. The van der Waals surface area contributed by atoms with Crippen LogP contribution in [0.25, 0.3) is 10.4 Å². The van der Waals surface area contributed by atoms with Crippen molar-refractivity contribution >= 4 is 38.9 Å². The third-order valence-corrected chi connectivity index (χ3v) is 4.59. The molecule has 0 saturated heterocycles. The van der Waals surface area contributed by atoms with Gasteiger partial charge in [-0.15, -0.1) is 11.3 Å². The zero-order chi connectivity index (χ0) is 14.2. The highest BCUT2D eigenvalue weighted by molar-refractivity contribution is 9.10. The molecule has 1 aromatic heterocycles. The van der Waals surface area contributed by atoms with E-state index >= 15 is 0 Å². The minimum absolute atomic E-state index is 0.179. The second kappa shape index (κ2) is 5.35. The normalized spacial score (nSPS) is 10.9. The summed E-state index contributed by atoms with van der Waals surface area (Å²) in [5.74, 6) is -0.788. The Morgan fingerprint density at radius 3 is 2.63 bits per heavy atom. The lowest BCUT2D eigenvalue weighted by Crippen LogP contribution is -2.00. The minimum atomic E-state index is -0.967. The van der Waals surface area contributed by atoms with Crippen LogP contribution in [-0.4, -0.2) is 11.1 Å². The van der Waals surface area contributed by atoms with Crippen molar-refractivity contribution in [1.29, 1.82) is 0 Å². The molecule has 3 N–H and O–H groups in total. The van der Waals surface area contributed by atoms with E-state index < -0.39 is 5.97 Å². The van der Waals surface area contributed by atoms with Crippen LogP contribution in [0, 0.1) is 0 Å². The van der Waals surface area contributed by atoms with E-state index in [1.54, 1.807) is 0 Å². The monoisotopic (exact) mass is 339 g/mol. The molecule has 0 aliphatic carbocycles. The lowest BCUT2D eigenvalue weighted by Gasteiger charge is -2.09. The first-order valence-corrected chi connectivity index (χ1v) is 7.44. The van der Waals surface area contributed by atoms with Crippen molar-refractivity contribution < 1.29 is 9.90 Å². The fraction of sp³-hybridized carbons (Fsp3) is 0.214. The number of carbonyl (C=O) groups is 1. The van der Waals surface area contributed by atoms with Gasteiger partial charge in [0.2, 0.25) is 0 Å². The summed E-state index contributed by atoms with van der Waals surface area (Å²) >= 11 is 4.67. The van der Waals surface area contributed by atoms with Gasteiger partial charge in [0.1, 0.15) is 4.88 Å². The Morgan fingerprint density at radius 1 is 1.42 bits per heavy atom. The van der Waals surface area contributed by atoms with E-state index in [0.29, 0.717) is 5.69 Å². The first-order valence-electron chi connectivity index (χ1n) is 5.83. The van der Waals surface area contributed by atoms with Crippen molar-refractivity contribution in [3.63, 3.8) is 0 Å². The van der Waals surface area contributed by atoms with E-state index in [1.807, 2.05) is 38.1 Å². The van der Waals surface area contributed by atoms with Gasteiger partial charge in [-0.25, -0.2) is 4.79 Å². The lowest BCUT2D eigenvalue weighted by atomic mass is 9.98. The largest absolute Gasteiger partial charge is 0.477 e. The minimum Gasteiger partial charge on any atom is -0.477 e. The van der Waals surface area contributed by atoms with Crippen LogP contribution >= 0.6 is 27.3 Å². The Morgan fingerprint density at radius 2 is 2.11 bits per heavy atom. The van der Waals surface area contributed by atoms with E-state index in [0.717, 1.165) is 20.5 Å². The molecule has 3 nitrogen and oxygen atoms in total. The maximum atomic E-state index is 11.2. The van der Waals surface area contributed by atoms with E-state index in [9.17, 15) is 9.90 Å². The SMILES string of the molecule is CC(C)c1c(-c2cccc(Br)c2)sc(C(=O)O)c1N. The molecule has 0 spiro atoms. The molecule has 0 atom stereocenters. The highest BCUT2D eigenvalue weighted by Gasteiger charge is 2.23. The van der Waals surface area contributed by atoms with Gasteiger partial charge in [-0.2, -0.15) is 0 Å². The highest BCUT2D eigenvalue weighted by atomic mass is 79.9. The third-order valence-electron chi connectivity index (χ3n) is 2.84. The smallest absolute Gasteiger partial charge is 0.348 e. The molecular weight excluding hydrogens is 326 g/mol. The van der Waals surface area contributed by atoms with E-state index in [1.165, 1.54) is 11.3 Å². The standard InChI is InChI=1S/C14H14BrNO2S/c1-7(2)10-11(16)13(14(17)18)19-12(10)8-4-3-5-9(15)6-8/h3-7H,16H2,1-2H3,(H,17,18). The molecule has 0 aliphatic heterocycles. The van der Waals surface area contributed by atoms with Crippen LogP contribution in [0.4, 0.5) is 5.69 Å². The summed E-state index contributed by atoms with van der Waals surface area (Å²) < 4.78 is 0.962. The highest BCUT2D eigenvalue weighted by Crippen LogP contribution is 2.43. The van der Waals surface area contributed by atoms with Gasteiger partial charge in [0.05, 0.1) is 5.69 Å². The number of nitrogens with two attached hydrogens (primary N) is 1. The summed E-state index contributed by atoms with van der Waals surface area (Å²) in [6.45, 7) is 4.04. The lowest BCUT2D eigenvalue weighted by molar-refractivity contribution is 0.0703. The second-order valence-corrected chi connectivity index (χ2v) is 6.49. The van der Waals surface area contributed by atoms with Crippen LogP contribution in [0.15, 0.2) is 28.7 Å². The zero-order valence-corrected chi connectivity index (χ0v) is 13.0. The maximum absolute atomic E-state index is 11.2. The predicted octanol–water partition coefficient (Wildman–Crippen LogP) is 4.58. The Kier molecular flexibility index (Phi) is 3.96. The Balaban J connectivity index is 2.69. The van der Waals surface area contributed by atoms with Crippen LogP contribution in [0.3, 0.4) is 0 Å². The number of nitrogen functional groups attached to an aromatic ring is 1. The van der Waals surface area contributed by atoms with Crippen molar-refractivity contribution in [2.24, 2.45) is 0 Å². The Bertz CT molecular complexity index is 634. The number of thiophene rings is 1. The first kappa shape index (κ1) is 14.1. The average Bonchev–Trinajstić information content (AvgIpc) is 2.67. The van der Waals surface area contributed by atoms with Crippen molar-refractivity contribution in [1.82, 2.24) is 0 Å². The molecule has 2 aromatic rings. The number of hydrogen-bond donors (Lipinski definition) is 2. The second-order valence-electron chi connectivity index (χ2n) is 4.56. The van der Waals surface area contributed by atoms with Gasteiger partial charge in [0.15, 0.2) is 0 Å². The molecule has 2 rings (SSSR count). The molecule has 0 unspecified atom stereocenters. The number of anilines is 1. The number of halogens is 1. The zero-order valence-electron chi connectivity index (χ0n) is 10.6. The molecule has 0 amide bonds. The Labute approximate surface area is 124 Å². The number of benzene rings is 1. The van der Waals surface area contributed by atoms with Gasteiger partial charge in [0.25, 0.3) is 0 Å². The average molecular weight is 340 g/mol. The number of carboxylic acid groups (broad SMARTS) is 1. The van der Waals surface area contributed by atoms with Gasteiger partial charge in [0, 0.05) is 9.35 Å². The van der Waals surface area contributed by atoms with Crippen molar-refractivity contribution in [3.8, 4) is 10.4 Å². The van der Waals surface area contributed by atoms with Crippen molar-refractivity contribution in [2.75, 3.05) is 5.73 Å². The summed E-state index contributed by atoms with van der Waals surface area (Å²) in [4.78, 5) is 12.4. The van der Waals surface area contributed by atoms with Gasteiger partial charge in [-0.3, -0.25) is 0 Å². The molecule has 0 saturated carbocycles. The number of rotatable bonds is 3. The van der Waals surface area contributed by atoms with Gasteiger partial charge < -0.3 is 10.8 Å². The van der Waals surface area contributed by atoms with Gasteiger partial charge in [-0.1, -0.05) is 41.9 Å². The molecule has 5 heteroatoms. The molecule has 100 valence electrons. The topological polar surface area (TPSA) is 63.3 Å². The van der Waals surface area contributed by atoms with Crippen LogP contribution in [0.2, 0.25) is 0 Å². The molecule has 0 fully saturated rings. The quantitative estimate of drug-likeness (QED) is 0.859. The van der Waals surface area contributed by atoms with Crippen LogP contribution < -0.4 is 5.73 Å². The summed E-state index contributed by atoms with van der Waals surface area (Å²) in [6, 6.07) is 7.81. The Hall–Kier alpha value is -1.33. The summed E-state index contributed by atoms with van der Waals surface area (Å²) in [5, 5.41) is 9.21. The fourth-order valence-corrected chi connectivity index (χ4v) is 3.64. The van der Waals surface area contributed by atoms with Crippen LogP contribution in [-0.2, 0) is 0 Å². The fourth-order valence-electron chi connectivity index (χ4n) is 2.03. The van der Waals surface area contributed by atoms with E-state index in [-0.39, 0.29) is 10.8 Å². The number of carboxylic acids is 1. The predicted molar refractivity (Wildman–Crippen MR) is 82.9 cm³/mol. The van der Waals surface area contributed by atoms with E-state index in [4.69, 9.17) is 5.73 Å². The van der Waals surface area contributed by atoms with Crippen molar-refractivity contribution in [3.05, 3.63) is 39.2 Å². The van der Waals surface area contributed by atoms with Gasteiger partial charge >= 0.3 is 5.97 Å². The van der Waals surface area contributed by atoms with E-state index in [2.05, 4.69) is 15.9 Å². The van der Waals surface area contributed by atoms with Crippen LogP contribution in [0.1, 0.15) is 35.0 Å². The molecule has 0 bridgehead atoms. The molecule has 0 radical (unpaired) electrons. The molecule has 1 aromatic carbocycles. The number of hydrogen-bond acceptors (Lipinski definition) is 3. The molecular formula is C14H14BrNO2S. The first-order chi connectivity index (χ1) is 8.91. The van der Waals surface area contributed by atoms with Gasteiger partial charge in [-0.05, 0) is 29.2 Å². The maximum Gasteiger partial charge on any atom is 0.348 e.